The Bertz CT molecular complexity index is 735. The molecule has 0 fully saturated rings. The molecule has 3 heteroatoms. The average Bonchev–Trinajstić information content (AvgIpc) is 2.58. The molecule has 0 saturated carbocycles. The Balaban J connectivity index is 1.97. The Hall–Kier alpha value is -2.29. The van der Waals surface area contributed by atoms with E-state index in [4.69, 9.17) is 4.74 Å². The largest absolute Gasteiger partial charge is 0.496 e. The number of rotatable bonds is 7. The van der Waals surface area contributed by atoms with Crippen LogP contribution in [0, 0.1) is 13.8 Å². The van der Waals surface area contributed by atoms with Crippen LogP contribution in [0.3, 0.4) is 0 Å². The summed E-state index contributed by atoms with van der Waals surface area (Å²) < 4.78 is 5.45. The third-order valence-corrected chi connectivity index (χ3v) is 4.45. The Kier molecular flexibility index (Phi) is 6.63. The fourth-order valence-corrected chi connectivity index (χ4v) is 3.03. The van der Waals surface area contributed by atoms with Gasteiger partial charge in [-0.15, -0.1) is 0 Å². The summed E-state index contributed by atoms with van der Waals surface area (Å²) in [6.45, 7) is 8.95. The van der Waals surface area contributed by atoms with Gasteiger partial charge in [0.15, 0.2) is 0 Å². The van der Waals surface area contributed by atoms with Crippen LogP contribution >= 0.6 is 0 Å². The lowest BCUT2D eigenvalue weighted by molar-refractivity contribution is 0.0952. The quantitative estimate of drug-likeness (QED) is 0.736. The van der Waals surface area contributed by atoms with Crippen molar-refractivity contribution in [3.05, 3.63) is 64.2 Å². The van der Waals surface area contributed by atoms with Crippen LogP contribution in [-0.2, 0) is 6.42 Å². The van der Waals surface area contributed by atoms with E-state index in [1.165, 1.54) is 11.1 Å². The number of benzene rings is 2. The van der Waals surface area contributed by atoms with E-state index in [9.17, 15) is 4.79 Å². The minimum absolute atomic E-state index is 0.00806. The van der Waals surface area contributed by atoms with E-state index >= 15 is 0 Å². The zero-order valence-electron chi connectivity index (χ0n) is 16.0. The van der Waals surface area contributed by atoms with Crippen LogP contribution in [0.5, 0.6) is 5.75 Å². The van der Waals surface area contributed by atoms with Crippen LogP contribution in [0.25, 0.3) is 0 Å². The zero-order chi connectivity index (χ0) is 18.4. The normalized spacial score (nSPS) is 10.8. The number of carbonyl (C=O) groups excluding carboxylic acids is 1. The predicted molar refractivity (Wildman–Crippen MR) is 104 cm³/mol. The number of hydrogen-bond donors (Lipinski definition) is 1. The molecule has 0 spiro atoms. The number of hydrogen-bond acceptors (Lipinski definition) is 2. The Morgan fingerprint density at radius 3 is 2.56 bits per heavy atom. The van der Waals surface area contributed by atoms with E-state index in [0.29, 0.717) is 12.5 Å². The molecule has 0 saturated heterocycles. The van der Waals surface area contributed by atoms with Crippen molar-refractivity contribution in [3.8, 4) is 5.75 Å². The van der Waals surface area contributed by atoms with Crippen molar-refractivity contribution in [2.75, 3.05) is 13.7 Å². The summed E-state index contributed by atoms with van der Waals surface area (Å²) in [5.74, 6) is 1.15. The highest BCUT2D eigenvalue weighted by molar-refractivity contribution is 5.96. The van der Waals surface area contributed by atoms with Gasteiger partial charge >= 0.3 is 0 Å². The van der Waals surface area contributed by atoms with E-state index in [1.807, 2.05) is 19.1 Å². The third-order valence-electron chi connectivity index (χ3n) is 4.45. The number of carbonyl (C=O) groups is 1. The second kappa shape index (κ2) is 8.70. The monoisotopic (exact) mass is 339 g/mol. The van der Waals surface area contributed by atoms with Crippen molar-refractivity contribution in [1.29, 1.82) is 0 Å². The van der Waals surface area contributed by atoms with Crippen molar-refractivity contribution in [3.63, 3.8) is 0 Å². The molecule has 0 atom stereocenters. The highest BCUT2D eigenvalue weighted by Gasteiger charge is 2.15. The fraction of sp³-hybridized carbons (Fsp3) is 0.409. The van der Waals surface area contributed by atoms with E-state index in [0.717, 1.165) is 35.3 Å². The summed E-state index contributed by atoms with van der Waals surface area (Å²) in [5.41, 5.74) is 5.34. The molecule has 0 aliphatic carbocycles. The van der Waals surface area contributed by atoms with Gasteiger partial charge in [0.05, 0.1) is 7.11 Å². The molecular formula is C22H29NO2. The average molecular weight is 339 g/mol. The summed E-state index contributed by atoms with van der Waals surface area (Å²) in [7, 11) is 1.67. The first-order valence-electron chi connectivity index (χ1n) is 8.94. The van der Waals surface area contributed by atoms with E-state index in [-0.39, 0.29) is 5.91 Å². The molecule has 0 heterocycles. The molecule has 1 amide bonds. The number of methoxy groups -OCH3 is 1. The number of aryl methyl sites for hydroxylation is 3. The topological polar surface area (TPSA) is 38.3 Å². The van der Waals surface area contributed by atoms with Crippen molar-refractivity contribution in [2.45, 2.75) is 46.5 Å². The molecule has 25 heavy (non-hydrogen) atoms. The molecule has 0 aromatic heterocycles. The van der Waals surface area contributed by atoms with Crippen molar-refractivity contribution < 1.29 is 9.53 Å². The molecular weight excluding hydrogens is 310 g/mol. The zero-order valence-corrected chi connectivity index (χ0v) is 16.0. The maximum absolute atomic E-state index is 12.6. The standard InChI is InChI=1S/C22H29NO2/c1-15(2)19-14-20(17(4)13-21(19)25-5)22(24)23-11-7-10-18-9-6-8-16(3)12-18/h6,8-9,12-15H,7,10-11H2,1-5H3,(H,23,24). The van der Waals surface area contributed by atoms with Crippen LogP contribution in [0.1, 0.15) is 58.8 Å². The number of ether oxygens (including phenoxy) is 1. The van der Waals surface area contributed by atoms with Gasteiger partial charge in [0, 0.05) is 12.1 Å². The molecule has 0 aliphatic heterocycles. The number of nitrogens with one attached hydrogen (secondary N) is 1. The Morgan fingerprint density at radius 1 is 1.16 bits per heavy atom. The number of amides is 1. The highest BCUT2D eigenvalue weighted by atomic mass is 16.5. The molecule has 134 valence electrons. The molecule has 3 nitrogen and oxygen atoms in total. The predicted octanol–water partition coefficient (Wildman–Crippen LogP) is 4.80. The van der Waals surface area contributed by atoms with Gasteiger partial charge in [-0.05, 0) is 61.4 Å². The molecule has 2 rings (SSSR count). The highest BCUT2D eigenvalue weighted by Crippen LogP contribution is 2.29. The molecule has 0 unspecified atom stereocenters. The Morgan fingerprint density at radius 2 is 1.92 bits per heavy atom. The van der Waals surface area contributed by atoms with Gasteiger partial charge in [-0.2, -0.15) is 0 Å². The second-order valence-corrected chi connectivity index (χ2v) is 6.91. The molecule has 0 bridgehead atoms. The van der Waals surface area contributed by atoms with Crippen LogP contribution in [0.4, 0.5) is 0 Å². The molecule has 0 aliphatic rings. The first kappa shape index (κ1) is 19.0. The van der Waals surface area contributed by atoms with Crippen LogP contribution in [0.15, 0.2) is 36.4 Å². The van der Waals surface area contributed by atoms with Crippen molar-refractivity contribution >= 4 is 5.91 Å². The lowest BCUT2D eigenvalue weighted by Crippen LogP contribution is -2.25. The van der Waals surface area contributed by atoms with Gasteiger partial charge < -0.3 is 10.1 Å². The van der Waals surface area contributed by atoms with Crippen LogP contribution in [-0.4, -0.2) is 19.6 Å². The molecule has 0 radical (unpaired) electrons. The third kappa shape index (κ3) is 5.09. The van der Waals surface area contributed by atoms with Gasteiger partial charge in [0.1, 0.15) is 5.75 Å². The van der Waals surface area contributed by atoms with Gasteiger partial charge in [-0.3, -0.25) is 4.79 Å². The van der Waals surface area contributed by atoms with Crippen LogP contribution < -0.4 is 10.1 Å². The Labute approximate surface area is 151 Å². The summed E-state index contributed by atoms with van der Waals surface area (Å²) in [5, 5.41) is 3.05. The minimum Gasteiger partial charge on any atom is -0.496 e. The van der Waals surface area contributed by atoms with Gasteiger partial charge in [0.25, 0.3) is 5.91 Å². The smallest absolute Gasteiger partial charge is 0.251 e. The summed E-state index contributed by atoms with van der Waals surface area (Å²) in [6.07, 6.45) is 1.90. The lowest BCUT2D eigenvalue weighted by atomic mass is 9.96. The first-order valence-corrected chi connectivity index (χ1v) is 8.94. The van der Waals surface area contributed by atoms with Crippen LogP contribution in [0.2, 0.25) is 0 Å². The lowest BCUT2D eigenvalue weighted by Gasteiger charge is -2.16. The molecule has 2 aromatic carbocycles. The SMILES string of the molecule is COc1cc(C)c(C(=O)NCCCc2cccc(C)c2)cc1C(C)C. The molecule has 2 aromatic rings. The van der Waals surface area contributed by atoms with Gasteiger partial charge in [-0.25, -0.2) is 0 Å². The minimum atomic E-state index is -0.00806. The van der Waals surface area contributed by atoms with E-state index < -0.39 is 0 Å². The van der Waals surface area contributed by atoms with E-state index in [1.54, 1.807) is 7.11 Å². The summed E-state index contributed by atoms with van der Waals surface area (Å²) >= 11 is 0. The second-order valence-electron chi connectivity index (χ2n) is 6.91. The molecule has 1 N–H and O–H groups in total. The summed E-state index contributed by atoms with van der Waals surface area (Å²) in [4.78, 5) is 12.6. The fourth-order valence-electron chi connectivity index (χ4n) is 3.03. The van der Waals surface area contributed by atoms with Crippen molar-refractivity contribution in [1.82, 2.24) is 5.32 Å². The van der Waals surface area contributed by atoms with Crippen molar-refractivity contribution in [2.24, 2.45) is 0 Å². The van der Waals surface area contributed by atoms with Gasteiger partial charge in [0.2, 0.25) is 0 Å². The van der Waals surface area contributed by atoms with Gasteiger partial charge in [-0.1, -0.05) is 43.7 Å². The summed E-state index contributed by atoms with van der Waals surface area (Å²) in [6, 6.07) is 12.4. The maximum atomic E-state index is 12.6. The maximum Gasteiger partial charge on any atom is 0.251 e. The first-order chi connectivity index (χ1) is 11.9. The van der Waals surface area contributed by atoms with E-state index in [2.05, 4.69) is 50.4 Å².